The van der Waals surface area contributed by atoms with Gasteiger partial charge in [-0.25, -0.2) is 13.2 Å². The van der Waals surface area contributed by atoms with E-state index in [0.29, 0.717) is 12.6 Å². The van der Waals surface area contributed by atoms with Crippen molar-refractivity contribution in [2.45, 2.75) is 11.4 Å². The third-order valence-corrected chi connectivity index (χ3v) is 3.40. The zero-order valence-electron chi connectivity index (χ0n) is 10.2. The van der Waals surface area contributed by atoms with Crippen LogP contribution in [0.15, 0.2) is 41.3 Å². The Balaban J connectivity index is 2.07. The Morgan fingerprint density at radius 2 is 1.58 bits per heavy atom. The Kier molecular flexibility index (Phi) is 4.37. The number of halogens is 3. The quantitative estimate of drug-likeness (QED) is 0.657. The maximum atomic E-state index is 13.4. The van der Waals surface area contributed by atoms with Crippen LogP contribution in [0.1, 0.15) is 5.56 Å². The lowest BCUT2D eigenvalue weighted by molar-refractivity contribution is 0.496. The Bertz CT molecular complexity index is 570. The average Bonchev–Trinajstić information content (AvgIpc) is 2.42. The van der Waals surface area contributed by atoms with Crippen molar-refractivity contribution in [3.05, 3.63) is 59.4 Å². The third-order valence-electron chi connectivity index (χ3n) is 2.65. The smallest absolute Gasteiger partial charge is 0.161 e. The van der Waals surface area contributed by atoms with Crippen LogP contribution in [0.2, 0.25) is 0 Å². The lowest BCUT2D eigenvalue weighted by Gasteiger charge is -2.08. The monoisotopic (exact) mass is 283 g/mol. The van der Waals surface area contributed by atoms with E-state index in [9.17, 15) is 13.2 Å². The maximum Gasteiger partial charge on any atom is 0.161 e. The van der Waals surface area contributed by atoms with Crippen LogP contribution >= 0.6 is 11.8 Å². The molecule has 19 heavy (non-hydrogen) atoms. The standard InChI is InChI=1S/C14H12F3NS/c1-19-10-4-2-9(3-5-10)8-18-14-7-12(16)11(15)6-13(14)17/h2-7,18H,8H2,1H3. The number of rotatable bonds is 4. The Hall–Kier alpha value is -1.62. The molecule has 0 fully saturated rings. The van der Waals surface area contributed by atoms with E-state index in [1.54, 1.807) is 11.8 Å². The third kappa shape index (κ3) is 3.44. The molecular weight excluding hydrogens is 271 g/mol. The van der Waals surface area contributed by atoms with Gasteiger partial charge >= 0.3 is 0 Å². The van der Waals surface area contributed by atoms with Gasteiger partial charge in [-0.1, -0.05) is 12.1 Å². The molecule has 0 heterocycles. The Labute approximate surface area is 113 Å². The molecule has 0 atom stereocenters. The summed E-state index contributed by atoms with van der Waals surface area (Å²) in [5.41, 5.74) is 0.884. The van der Waals surface area contributed by atoms with Crippen molar-refractivity contribution in [1.82, 2.24) is 0 Å². The number of hydrogen-bond donors (Lipinski definition) is 1. The molecule has 2 rings (SSSR count). The van der Waals surface area contributed by atoms with E-state index in [1.165, 1.54) is 0 Å². The van der Waals surface area contributed by atoms with Crippen molar-refractivity contribution < 1.29 is 13.2 Å². The summed E-state index contributed by atoms with van der Waals surface area (Å²) in [6.45, 7) is 0.344. The van der Waals surface area contributed by atoms with Gasteiger partial charge in [-0.3, -0.25) is 0 Å². The fourth-order valence-electron chi connectivity index (χ4n) is 1.60. The van der Waals surface area contributed by atoms with Gasteiger partial charge in [0, 0.05) is 23.6 Å². The number of hydrogen-bond acceptors (Lipinski definition) is 2. The topological polar surface area (TPSA) is 12.0 Å². The van der Waals surface area contributed by atoms with Crippen LogP contribution in [-0.4, -0.2) is 6.26 Å². The van der Waals surface area contributed by atoms with E-state index in [-0.39, 0.29) is 5.69 Å². The van der Waals surface area contributed by atoms with Crippen molar-refractivity contribution in [3.63, 3.8) is 0 Å². The molecule has 2 aromatic carbocycles. The van der Waals surface area contributed by atoms with Crippen molar-refractivity contribution in [3.8, 4) is 0 Å². The predicted molar refractivity (Wildman–Crippen MR) is 71.9 cm³/mol. The maximum absolute atomic E-state index is 13.4. The molecule has 0 aliphatic rings. The molecule has 1 nitrogen and oxygen atoms in total. The van der Waals surface area contributed by atoms with Gasteiger partial charge in [0.25, 0.3) is 0 Å². The highest BCUT2D eigenvalue weighted by atomic mass is 32.2. The first kappa shape index (κ1) is 13.8. The fraction of sp³-hybridized carbons (Fsp3) is 0.143. The van der Waals surface area contributed by atoms with Crippen molar-refractivity contribution in [2.75, 3.05) is 11.6 Å². The molecule has 0 unspecified atom stereocenters. The van der Waals surface area contributed by atoms with Crippen molar-refractivity contribution in [1.29, 1.82) is 0 Å². The van der Waals surface area contributed by atoms with E-state index in [0.717, 1.165) is 16.5 Å². The Morgan fingerprint density at radius 1 is 0.947 bits per heavy atom. The molecule has 0 saturated heterocycles. The van der Waals surface area contributed by atoms with Crippen molar-refractivity contribution in [2.24, 2.45) is 0 Å². The molecule has 0 aliphatic heterocycles. The van der Waals surface area contributed by atoms with E-state index in [2.05, 4.69) is 5.32 Å². The molecule has 0 radical (unpaired) electrons. The molecule has 0 bridgehead atoms. The van der Waals surface area contributed by atoms with Crippen molar-refractivity contribution >= 4 is 17.4 Å². The van der Waals surface area contributed by atoms with E-state index in [1.807, 2.05) is 30.5 Å². The minimum atomic E-state index is -1.19. The summed E-state index contributed by atoms with van der Waals surface area (Å²) >= 11 is 1.63. The van der Waals surface area contributed by atoms with Gasteiger partial charge in [0.1, 0.15) is 5.82 Å². The lowest BCUT2D eigenvalue weighted by Crippen LogP contribution is -2.03. The van der Waals surface area contributed by atoms with Gasteiger partial charge in [0.2, 0.25) is 0 Å². The summed E-state index contributed by atoms with van der Waals surface area (Å²) in [6.07, 6.45) is 1.98. The van der Waals surface area contributed by atoms with Gasteiger partial charge in [0.15, 0.2) is 11.6 Å². The molecule has 0 aromatic heterocycles. The molecule has 0 aliphatic carbocycles. The largest absolute Gasteiger partial charge is 0.379 e. The van der Waals surface area contributed by atoms with E-state index in [4.69, 9.17) is 0 Å². The molecule has 0 saturated carbocycles. The van der Waals surface area contributed by atoms with Gasteiger partial charge in [-0.05, 0) is 24.0 Å². The zero-order chi connectivity index (χ0) is 13.8. The van der Waals surface area contributed by atoms with Gasteiger partial charge in [-0.15, -0.1) is 11.8 Å². The molecule has 0 spiro atoms. The summed E-state index contributed by atoms with van der Waals surface area (Å²) in [6, 6.07) is 9.05. The number of nitrogens with one attached hydrogen (secondary N) is 1. The van der Waals surface area contributed by atoms with Crippen LogP contribution < -0.4 is 5.32 Å². The number of anilines is 1. The van der Waals surface area contributed by atoms with Crippen LogP contribution in [0, 0.1) is 17.5 Å². The number of benzene rings is 2. The first-order valence-electron chi connectivity index (χ1n) is 5.61. The van der Waals surface area contributed by atoms with E-state index >= 15 is 0 Å². The first-order valence-corrected chi connectivity index (χ1v) is 6.84. The zero-order valence-corrected chi connectivity index (χ0v) is 11.0. The molecule has 100 valence electrons. The predicted octanol–water partition coefficient (Wildman–Crippen LogP) is 4.44. The second kappa shape index (κ2) is 6.02. The molecule has 5 heteroatoms. The van der Waals surface area contributed by atoms with Crippen LogP contribution in [0.3, 0.4) is 0 Å². The van der Waals surface area contributed by atoms with Gasteiger partial charge in [0.05, 0.1) is 5.69 Å². The van der Waals surface area contributed by atoms with Crippen LogP contribution in [0.5, 0.6) is 0 Å². The summed E-state index contributed by atoms with van der Waals surface area (Å²) in [7, 11) is 0. The highest BCUT2D eigenvalue weighted by molar-refractivity contribution is 7.98. The Morgan fingerprint density at radius 3 is 2.21 bits per heavy atom. The second-order valence-corrected chi connectivity index (χ2v) is 4.83. The van der Waals surface area contributed by atoms with Crippen LogP contribution in [0.25, 0.3) is 0 Å². The minimum Gasteiger partial charge on any atom is -0.379 e. The molecule has 0 amide bonds. The highest BCUT2D eigenvalue weighted by Crippen LogP contribution is 2.20. The van der Waals surface area contributed by atoms with Gasteiger partial charge < -0.3 is 5.32 Å². The number of thioether (sulfide) groups is 1. The van der Waals surface area contributed by atoms with Crippen LogP contribution in [0.4, 0.5) is 18.9 Å². The summed E-state index contributed by atoms with van der Waals surface area (Å²) < 4.78 is 39.1. The first-order chi connectivity index (χ1) is 9.10. The second-order valence-electron chi connectivity index (χ2n) is 3.95. The SMILES string of the molecule is CSc1ccc(CNc2cc(F)c(F)cc2F)cc1. The highest BCUT2D eigenvalue weighted by Gasteiger charge is 2.09. The summed E-state index contributed by atoms with van der Waals surface area (Å²) in [4.78, 5) is 1.13. The molecule has 2 aromatic rings. The average molecular weight is 283 g/mol. The van der Waals surface area contributed by atoms with E-state index < -0.39 is 17.5 Å². The molecule has 1 N–H and O–H groups in total. The fourth-order valence-corrected chi connectivity index (χ4v) is 2.01. The van der Waals surface area contributed by atoms with Crippen LogP contribution in [-0.2, 0) is 6.54 Å². The minimum absolute atomic E-state index is 0.0483. The summed E-state index contributed by atoms with van der Waals surface area (Å²) in [5.74, 6) is -3.06. The lowest BCUT2D eigenvalue weighted by atomic mass is 10.2. The molecular formula is C14H12F3NS. The normalized spacial score (nSPS) is 10.5. The van der Waals surface area contributed by atoms with Gasteiger partial charge in [-0.2, -0.15) is 0 Å². The summed E-state index contributed by atoms with van der Waals surface area (Å²) in [5, 5.41) is 2.75.